The van der Waals surface area contributed by atoms with Crippen LogP contribution in [0.25, 0.3) is 17.2 Å². The van der Waals surface area contributed by atoms with Gasteiger partial charge in [0.2, 0.25) is 21.9 Å². The summed E-state index contributed by atoms with van der Waals surface area (Å²) in [6.07, 6.45) is 10.9. The van der Waals surface area contributed by atoms with Crippen molar-refractivity contribution >= 4 is 28.0 Å². The normalized spacial score (nSPS) is 14.5. The molecule has 1 fully saturated rings. The molecule has 0 bridgehead atoms. The SMILES string of the molecule is Cc1cc(/C=C/C#N)cc(C)c1Cc1nc(NC2CCN(Cc3ccc(S(N)(=O)=O)cc3)CC2)ncc1-c1cnc(N)nc1. The van der Waals surface area contributed by atoms with Crippen molar-refractivity contribution < 1.29 is 8.42 Å². The molecule has 0 saturated carbocycles. The number of benzene rings is 2. The number of piperidine rings is 1. The Morgan fingerprint density at radius 1 is 1.05 bits per heavy atom. The van der Waals surface area contributed by atoms with Crippen molar-refractivity contribution in [2.45, 2.75) is 50.6 Å². The Morgan fingerprint density at radius 3 is 2.32 bits per heavy atom. The number of nitrogens with one attached hydrogen (secondary N) is 1. The van der Waals surface area contributed by atoms with Gasteiger partial charge in [0, 0.05) is 67.9 Å². The number of likely N-dealkylation sites (tertiary alicyclic amines) is 1. The molecule has 0 aliphatic carbocycles. The van der Waals surface area contributed by atoms with E-state index in [1.807, 2.05) is 30.5 Å². The van der Waals surface area contributed by atoms with Crippen LogP contribution in [0.1, 0.15) is 46.4 Å². The number of nitriles is 1. The molecule has 0 radical (unpaired) electrons. The number of anilines is 2. The second kappa shape index (κ2) is 13.3. The molecule has 1 saturated heterocycles. The van der Waals surface area contributed by atoms with Gasteiger partial charge in [-0.1, -0.05) is 24.3 Å². The monoisotopic (exact) mass is 609 g/mol. The van der Waals surface area contributed by atoms with Crippen LogP contribution in [-0.2, 0) is 23.0 Å². The molecule has 2 aromatic heterocycles. The molecule has 11 nitrogen and oxygen atoms in total. The van der Waals surface area contributed by atoms with Crippen LogP contribution in [-0.4, -0.2) is 52.4 Å². The van der Waals surface area contributed by atoms with Gasteiger partial charge in [0.1, 0.15) is 0 Å². The number of nitrogens with zero attached hydrogens (tertiary/aromatic N) is 6. The topological polar surface area (TPSA) is 177 Å². The largest absolute Gasteiger partial charge is 0.368 e. The zero-order chi connectivity index (χ0) is 31.3. The number of rotatable bonds is 9. The molecule has 0 amide bonds. The van der Waals surface area contributed by atoms with E-state index >= 15 is 0 Å². The predicted octanol–water partition coefficient (Wildman–Crippen LogP) is 3.98. The average molecular weight is 610 g/mol. The van der Waals surface area contributed by atoms with Gasteiger partial charge in [-0.25, -0.2) is 33.5 Å². The second-order valence-corrected chi connectivity index (χ2v) is 12.6. The lowest BCUT2D eigenvalue weighted by molar-refractivity contribution is 0.211. The molecule has 3 heterocycles. The summed E-state index contributed by atoms with van der Waals surface area (Å²) in [4.78, 5) is 20.5. The molecule has 226 valence electrons. The summed E-state index contributed by atoms with van der Waals surface area (Å²) in [5.41, 5.74) is 13.6. The van der Waals surface area contributed by atoms with Crippen molar-refractivity contribution in [1.29, 1.82) is 5.26 Å². The van der Waals surface area contributed by atoms with Crippen LogP contribution < -0.4 is 16.2 Å². The van der Waals surface area contributed by atoms with E-state index in [9.17, 15) is 8.42 Å². The van der Waals surface area contributed by atoms with Gasteiger partial charge in [-0.05, 0) is 72.7 Å². The van der Waals surface area contributed by atoms with Gasteiger partial charge in [0.05, 0.1) is 16.7 Å². The highest BCUT2D eigenvalue weighted by Crippen LogP contribution is 2.28. The Morgan fingerprint density at radius 2 is 1.70 bits per heavy atom. The van der Waals surface area contributed by atoms with E-state index in [1.54, 1.807) is 24.5 Å². The van der Waals surface area contributed by atoms with Crippen molar-refractivity contribution in [3.63, 3.8) is 0 Å². The lowest BCUT2D eigenvalue weighted by Crippen LogP contribution is -2.39. The fourth-order valence-electron chi connectivity index (χ4n) is 5.50. The van der Waals surface area contributed by atoms with Crippen molar-refractivity contribution in [2.24, 2.45) is 5.14 Å². The summed E-state index contributed by atoms with van der Waals surface area (Å²) in [5, 5.41) is 17.7. The Kier molecular flexibility index (Phi) is 9.29. The molecule has 44 heavy (non-hydrogen) atoms. The summed E-state index contributed by atoms with van der Waals surface area (Å²) < 4.78 is 23.1. The number of aromatic nitrogens is 4. The Balaban J connectivity index is 1.31. The highest BCUT2D eigenvalue weighted by Gasteiger charge is 2.21. The summed E-state index contributed by atoms with van der Waals surface area (Å²) in [6, 6.07) is 13.1. The van der Waals surface area contributed by atoms with Crippen LogP contribution in [0.15, 0.2) is 66.0 Å². The van der Waals surface area contributed by atoms with E-state index < -0.39 is 10.0 Å². The van der Waals surface area contributed by atoms with E-state index in [2.05, 4.69) is 51.1 Å². The van der Waals surface area contributed by atoms with Crippen LogP contribution in [0.5, 0.6) is 0 Å². The summed E-state index contributed by atoms with van der Waals surface area (Å²) in [6.45, 7) is 6.64. The zero-order valence-corrected chi connectivity index (χ0v) is 25.6. The minimum Gasteiger partial charge on any atom is -0.368 e. The van der Waals surface area contributed by atoms with E-state index in [-0.39, 0.29) is 16.9 Å². The predicted molar refractivity (Wildman–Crippen MR) is 171 cm³/mol. The summed E-state index contributed by atoms with van der Waals surface area (Å²) >= 11 is 0. The maximum Gasteiger partial charge on any atom is 0.238 e. The molecule has 5 N–H and O–H groups in total. The molecule has 0 spiro atoms. The number of primary sulfonamides is 1. The number of hydrogen-bond donors (Lipinski definition) is 3. The average Bonchev–Trinajstić information content (AvgIpc) is 2.99. The van der Waals surface area contributed by atoms with Gasteiger partial charge in [-0.2, -0.15) is 5.26 Å². The van der Waals surface area contributed by atoms with Gasteiger partial charge in [0.15, 0.2) is 0 Å². The Bertz CT molecular complexity index is 1790. The first kappa shape index (κ1) is 30.7. The standard InChI is InChI=1S/C32H35N9O2S/c1-21-14-24(4-3-11-33)15-22(2)28(21)16-30-29(25-17-36-31(34)37-18-25)19-38-32(40-30)39-26-9-12-41(13-10-26)20-23-5-7-27(8-6-23)44(35,42)43/h3-8,14-15,17-19,26H,9-10,12-13,16,20H2,1-2H3,(H2,34,36,37)(H2,35,42,43)(H,38,39,40)/b4-3+. The van der Waals surface area contributed by atoms with Gasteiger partial charge >= 0.3 is 0 Å². The van der Waals surface area contributed by atoms with Gasteiger partial charge < -0.3 is 11.1 Å². The summed E-state index contributed by atoms with van der Waals surface area (Å²) in [5.74, 6) is 0.773. The van der Waals surface area contributed by atoms with Gasteiger partial charge in [0.25, 0.3) is 0 Å². The minimum absolute atomic E-state index is 0.119. The van der Waals surface area contributed by atoms with E-state index in [0.29, 0.717) is 12.4 Å². The molecule has 0 atom stereocenters. The lowest BCUT2D eigenvalue weighted by atomic mass is 9.93. The maximum absolute atomic E-state index is 11.5. The molecule has 1 aliphatic heterocycles. The zero-order valence-electron chi connectivity index (χ0n) is 24.7. The van der Waals surface area contributed by atoms with E-state index in [0.717, 1.165) is 77.1 Å². The van der Waals surface area contributed by atoms with Crippen molar-refractivity contribution in [3.05, 3.63) is 94.6 Å². The molecule has 1 aliphatic rings. The molecule has 2 aromatic carbocycles. The highest BCUT2D eigenvalue weighted by molar-refractivity contribution is 7.89. The second-order valence-electron chi connectivity index (χ2n) is 11.0. The van der Waals surface area contributed by atoms with Gasteiger partial charge in [-0.3, -0.25) is 4.90 Å². The van der Waals surface area contributed by atoms with E-state index in [1.165, 1.54) is 6.08 Å². The first-order valence-electron chi connectivity index (χ1n) is 14.3. The molecule has 5 rings (SSSR count). The third-order valence-electron chi connectivity index (χ3n) is 7.84. The first-order chi connectivity index (χ1) is 21.1. The Hall–Kier alpha value is -4.70. The number of sulfonamides is 1. The van der Waals surface area contributed by atoms with Crippen LogP contribution in [0, 0.1) is 25.2 Å². The fraction of sp³-hybridized carbons (Fsp3) is 0.281. The molecule has 4 aromatic rings. The highest BCUT2D eigenvalue weighted by atomic mass is 32.2. The van der Waals surface area contributed by atoms with Gasteiger partial charge in [-0.15, -0.1) is 0 Å². The number of nitrogen functional groups attached to an aromatic ring is 1. The number of nitrogens with two attached hydrogens (primary N) is 2. The Labute approximate surface area is 257 Å². The van der Waals surface area contributed by atoms with Crippen molar-refractivity contribution in [1.82, 2.24) is 24.8 Å². The molecular formula is C32H35N9O2S. The number of hydrogen-bond acceptors (Lipinski definition) is 10. The third kappa shape index (κ3) is 7.62. The third-order valence-corrected chi connectivity index (χ3v) is 8.77. The van der Waals surface area contributed by atoms with Crippen LogP contribution >= 0.6 is 0 Å². The maximum atomic E-state index is 11.5. The molecule has 12 heteroatoms. The number of allylic oxidation sites excluding steroid dienone is 1. The number of aryl methyl sites for hydroxylation is 2. The molecule has 0 unspecified atom stereocenters. The van der Waals surface area contributed by atoms with Crippen LogP contribution in [0.4, 0.5) is 11.9 Å². The van der Waals surface area contributed by atoms with Crippen LogP contribution in [0.3, 0.4) is 0 Å². The van der Waals surface area contributed by atoms with Crippen molar-refractivity contribution in [3.8, 4) is 17.2 Å². The van der Waals surface area contributed by atoms with E-state index in [4.69, 9.17) is 21.1 Å². The summed E-state index contributed by atoms with van der Waals surface area (Å²) in [7, 11) is -3.70. The lowest BCUT2D eigenvalue weighted by Gasteiger charge is -2.32. The van der Waals surface area contributed by atoms with Crippen LogP contribution in [0.2, 0.25) is 0 Å². The molecular weight excluding hydrogens is 574 g/mol. The minimum atomic E-state index is -3.70. The smallest absolute Gasteiger partial charge is 0.238 e. The fourth-order valence-corrected chi connectivity index (χ4v) is 6.02. The quantitative estimate of drug-likeness (QED) is 0.235. The van der Waals surface area contributed by atoms with Crippen molar-refractivity contribution in [2.75, 3.05) is 24.1 Å². The first-order valence-corrected chi connectivity index (χ1v) is 15.8.